The third kappa shape index (κ3) is 198. The molecule has 0 amide bonds. The summed E-state index contributed by atoms with van der Waals surface area (Å²) in [5.41, 5.74) is 0. The van der Waals surface area contributed by atoms with E-state index in [0.29, 0.717) is 0 Å². The van der Waals surface area contributed by atoms with E-state index in [2.05, 4.69) is 13.8 Å². The van der Waals surface area contributed by atoms with Crippen molar-refractivity contribution in [2.75, 3.05) is 0 Å². The molecule has 19 heteroatoms. The second kappa shape index (κ2) is 23.8. The molecule has 0 atom stereocenters. The van der Waals surface area contributed by atoms with Crippen molar-refractivity contribution in [1.82, 2.24) is 0 Å². The summed E-state index contributed by atoms with van der Waals surface area (Å²) >= 11 is -0.765. The van der Waals surface area contributed by atoms with Crippen LogP contribution in [0.4, 0.5) is 0 Å². The van der Waals surface area contributed by atoms with Crippen LogP contribution in [0.2, 0.25) is 10.6 Å². The maximum atomic E-state index is 8.52. The molecule has 0 spiro atoms. The SMILES string of the molecule is CCC[CH2][Al]([Cl])[CH2]CCC.O=S(=O)([O-])[O-].O=S(=O)([O-])[O-].O=S(=O)([O-])[O-].[Al+3].[Al+3]. The van der Waals surface area contributed by atoms with E-state index in [1.54, 1.807) is 0 Å². The molecule has 0 fully saturated rings. The molecule has 0 saturated carbocycles. The van der Waals surface area contributed by atoms with Crippen molar-refractivity contribution in [1.29, 1.82) is 0 Å². The maximum absolute atomic E-state index is 8.52. The van der Waals surface area contributed by atoms with Crippen LogP contribution in [0.25, 0.3) is 0 Å². The molecule has 0 bridgehead atoms. The Hall–Kier alpha value is 1.50. The van der Waals surface area contributed by atoms with Crippen LogP contribution in [0.1, 0.15) is 39.5 Å². The predicted molar refractivity (Wildman–Crippen MR) is 94.0 cm³/mol. The Morgan fingerprint density at radius 1 is 0.630 bits per heavy atom. The first-order chi connectivity index (χ1) is 10.8. The van der Waals surface area contributed by atoms with E-state index in [0.717, 1.165) is 0 Å². The third-order valence-electron chi connectivity index (χ3n) is 1.74. The molecule has 0 aliphatic carbocycles. The molecule has 0 aliphatic heterocycles. The van der Waals surface area contributed by atoms with Gasteiger partial charge in [0.2, 0.25) is 0 Å². The summed E-state index contributed by atoms with van der Waals surface area (Å²) in [4.78, 5) is 0. The smallest absolute Gasteiger partial charge is 0.759 e. The van der Waals surface area contributed by atoms with Gasteiger partial charge in [-0.15, -0.1) is 0 Å². The largest absolute Gasteiger partial charge is 3.00 e. The monoisotopic (exact) mass is 518 g/mol. The van der Waals surface area contributed by atoms with Gasteiger partial charge in [0.15, 0.2) is 0 Å². The van der Waals surface area contributed by atoms with Crippen molar-refractivity contribution in [3.63, 3.8) is 0 Å². The molecule has 0 heterocycles. The molecule has 0 aliphatic rings. The maximum Gasteiger partial charge on any atom is 3.00 e. The zero-order valence-corrected chi connectivity index (χ0v) is 21.1. The van der Waals surface area contributed by atoms with Gasteiger partial charge in [-0.2, -0.15) is 0 Å². The number of rotatable bonds is 6. The molecule has 0 rings (SSSR count). The first-order valence-corrected chi connectivity index (χ1v) is 13.8. The van der Waals surface area contributed by atoms with Crippen molar-refractivity contribution in [2.45, 2.75) is 50.1 Å². The molecule has 0 aromatic heterocycles. The third-order valence-corrected chi connectivity index (χ3v) is 5.12. The summed E-state index contributed by atoms with van der Waals surface area (Å²) in [7, 11) is -9.32. The normalized spacial score (nSPS) is 10.1. The fourth-order valence-corrected chi connectivity index (χ4v) is 3.91. The van der Waals surface area contributed by atoms with E-state index in [1.807, 2.05) is 0 Å². The molecule has 0 aromatic rings. The molecule has 27 heavy (non-hydrogen) atoms. The number of hydrogen-bond donors (Lipinski definition) is 0. The molecule has 12 nitrogen and oxygen atoms in total. The van der Waals surface area contributed by atoms with Crippen molar-refractivity contribution in [2.24, 2.45) is 0 Å². The molecule has 0 unspecified atom stereocenters. The Morgan fingerprint density at radius 2 is 0.778 bits per heavy atom. The van der Waals surface area contributed by atoms with E-state index < -0.39 is 44.4 Å². The van der Waals surface area contributed by atoms with Gasteiger partial charge in [-0.25, -0.2) is 0 Å². The van der Waals surface area contributed by atoms with Gasteiger partial charge in [-0.3, -0.25) is 35.3 Å². The van der Waals surface area contributed by atoms with Gasteiger partial charge in [0.05, 0.1) is 0 Å². The molecule has 0 saturated heterocycles. The van der Waals surface area contributed by atoms with Crippen LogP contribution in [0.3, 0.4) is 0 Å². The van der Waals surface area contributed by atoms with Crippen LogP contribution in [0.5, 0.6) is 0 Å². The van der Waals surface area contributed by atoms with E-state index in [-0.39, 0.29) is 34.7 Å². The zero-order chi connectivity index (χ0) is 21.3. The van der Waals surface area contributed by atoms with E-state index in [4.69, 9.17) is 62.6 Å². The first-order valence-electron chi connectivity index (χ1n) is 6.45. The summed E-state index contributed by atoms with van der Waals surface area (Å²) in [6, 6.07) is 0. The average Bonchev–Trinajstić information content (AvgIpc) is 2.27. The van der Waals surface area contributed by atoms with Gasteiger partial charge in [0.1, 0.15) is 0 Å². The molecule has 0 N–H and O–H groups in total. The first kappa shape index (κ1) is 42.6. The van der Waals surface area contributed by atoms with Crippen LogP contribution >= 0.6 is 10.0 Å². The van der Waals surface area contributed by atoms with Crippen molar-refractivity contribution in [3.8, 4) is 0 Å². The minimum atomic E-state index is -5.17. The average molecular weight is 519 g/mol. The van der Waals surface area contributed by atoms with Gasteiger partial charge < -0.3 is 27.3 Å². The van der Waals surface area contributed by atoms with Crippen molar-refractivity contribution >= 4 is 89.2 Å². The Morgan fingerprint density at radius 3 is 0.889 bits per heavy atom. The Balaban J connectivity index is -0.0000000564. The quantitative estimate of drug-likeness (QED) is 0.234. The Bertz CT molecular complexity index is 492. The predicted octanol–water partition coefficient (Wildman–Crippen LogP) is -0.959. The van der Waals surface area contributed by atoms with E-state index >= 15 is 0 Å². The molecule has 0 aromatic carbocycles. The van der Waals surface area contributed by atoms with Crippen LogP contribution in [-0.2, 0) is 31.2 Å². The summed E-state index contributed by atoms with van der Waals surface area (Å²) < 4.78 is 102. The fourth-order valence-electron chi connectivity index (χ4n) is 0.996. The summed E-state index contributed by atoms with van der Waals surface area (Å²) in [6.07, 6.45) is 5.32. The topological polar surface area (TPSA) is 241 Å². The fraction of sp³-hybridized carbons (Fsp3) is 1.00. The Kier molecular flexibility index (Phi) is 37.5. The summed E-state index contributed by atoms with van der Waals surface area (Å²) in [5.74, 6) is 0. The number of hydrogen-bond acceptors (Lipinski definition) is 12. The van der Waals surface area contributed by atoms with Crippen LogP contribution < -0.4 is 0 Å². The molecular formula is C8H18Al3ClO12S3. The second-order valence-corrected chi connectivity index (χ2v) is 10.8. The minimum absolute atomic E-state index is 0. The number of unbranched alkanes of at least 4 members (excludes halogenated alkanes) is 2. The van der Waals surface area contributed by atoms with Crippen LogP contribution in [0, 0.1) is 0 Å². The van der Waals surface area contributed by atoms with E-state index in [9.17, 15) is 0 Å². The van der Waals surface area contributed by atoms with Gasteiger partial charge >= 0.3 is 47.9 Å². The van der Waals surface area contributed by atoms with Crippen molar-refractivity contribution < 1.29 is 52.6 Å². The molecular weight excluding hydrogens is 501 g/mol. The van der Waals surface area contributed by atoms with Gasteiger partial charge in [-0.1, -0.05) is 50.1 Å². The summed E-state index contributed by atoms with van der Waals surface area (Å²) in [5, 5.41) is 2.69. The van der Waals surface area contributed by atoms with Gasteiger partial charge in [0, 0.05) is 31.2 Å². The zero-order valence-electron chi connectivity index (χ0n) is 14.5. The Labute approximate surface area is 190 Å². The van der Waals surface area contributed by atoms with Crippen LogP contribution in [0.15, 0.2) is 0 Å². The molecule has 156 valence electrons. The van der Waals surface area contributed by atoms with Crippen molar-refractivity contribution in [3.05, 3.63) is 0 Å². The minimum Gasteiger partial charge on any atom is -0.759 e. The number of halogens is 1. The summed E-state index contributed by atoms with van der Waals surface area (Å²) in [6.45, 7) is 4.47. The van der Waals surface area contributed by atoms with Gasteiger partial charge in [0.25, 0.3) is 0 Å². The van der Waals surface area contributed by atoms with E-state index in [1.165, 1.54) is 36.2 Å². The second-order valence-electron chi connectivity index (χ2n) is 4.11. The van der Waals surface area contributed by atoms with Gasteiger partial charge in [-0.05, 0) is 0 Å². The van der Waals surface area contributed by atoms with Crippen LogP contribution in [-0.4, -0.2) is 101 Å². The molecule has 0 radical (unpaired) electrons. The standard InChI is InChI=1S/2C4H9.3Al.ClH.3H2O4S/c2*1-3-4-2;;;;;3*1-5(2,3)4/h2*1,3-4H2,2H3;;;;1H;3*(H2,1,2,3,4)/q;;+1;2*+3;;;;/p-7.